The maximum absolute atomic E-state index is 12.8. The zero-order valence-corrected chi connectivity index (χ0v) is 18.8. The standard InChI is InChI=1S/C19H16ClN5O5S2/c20-15-18(24-5-6-31-19(24)23-15)32(29,30)21-8-10-1-2-12-11(7-10)9-25(17(12)28)13-3-4-14(26)22-16(13)27/h1-2,5-7,13,21H,3-4,8-9H2,(H,22,26,27). The van der Waals surface area contributed by atoms with Crippen LogP contribution in [0.25, 0.3) is 4.96 Å². The Labute approximate surface area is 191 Å². The van der Waals surface area contributed by atoms with Crippen LogP contribution in [0.3, 0.4) is 0 Å². The number of benzene rings is 1. The Bertz CT molecular complexity index is 1400. The molecule has 0 radical (unpaired) electrons. The molecule has 0 bridgehead atoms. The van der Waals surface area contributed by atoms with Crippen LogP contribution >= 0.6 is 22.9 Å². The number of fused-ring (bicyclic) bond motifs is 2. The maximum atomic E-state index is 12.8. The Morgan fingerprint density at radius 3 is 2.88 bits per heavy atom. The number of imidazole rings is 1. The normalized spacial score (nSPS) is 19.0. The second-order valence-corrected chi connectivity index (χ2v) is 10.4. The molecule has 0 spiro atoms. The third-order valence-electron chi connectivity index (χ3n) is 5.49. The number of thiazole rings is 1. The predicted molar refractivity (Wildman–Crippen MR) is 115 cm³/mol. The van der Waals surface area contributed by atoms with Gasteiger partial charge in [-0.05, 0) is 23.6 Å². The minimum atomic E-state index is -3.94. The summed E-state index contributed by atoms with van der Waals surface area (Å²) in [6.07, 6.45) is 2.04. The molecule has 1 fully saturated rings. The molecule has 32 heavy (non-hydrogen) atoms. The van der Waals surface area contributed by atoms with Crippen molar-refractivity contribution in [2.75, 3.05) is 0 Å². The molecule has 166 valence electrons. The number of piperidine rings is 1. The Morgan fingerprint density at radius 2 is 2.09 bits per heavy atom. The van der Waals surface area contributed by atoms with Crippen LogP contribution in [0.15, 0.2) is 34.8 Å². The van der Waals surface area contributed by atoms with E-state index in [9.17, 15) is 22.8 Å². The number of hydrogen-bond acceptors (Lipinski definition) is 7. The van der Waals surface area contributed by atoms with Crippen LogP contribution in [0, 0.1) is 0 Å². The second-order valence-electron chi connectivity index (χ2n) is 7.48. The molecule has 10 nitrogen and oxygen atoms in total. The van der Waals surface area contributed by atoms with E-state index in [1.54, 1.807) is 29.8 Å². The highest BCUT2D eigenvalue weighted by atomic mass is 35.5. The van der Waals surface area contributed by atoms with Gasteiger partial charge in [-0.2, -0.15) is 0 Å². The highest BCUT2D eigenvalue weighted by Crippen LogP contribution is 2.29. The van der Waals surface area contributed by atoms with Crippen molar-refractivity contribution in [3.8, 4) is 0 Å². The van der Waals surface area contributed by atoms with Crippen molar-refractivity contribution in [3.05, 3.63) is 51.6 Å². The third kappa shape index (κ3) is 3.48. The van der Waals surface area contributed by atoms with Gasteiger partial charge in [0.2, 0.25) is 11.8 Å². The van der Waals surface area contributed by atoms with Gasteiger partial charge in [0.25, 0.3) is 15.9 Å². The van der Waals surface area contributed by atoms with Crippen LogP contribution in [0.1, 0.15) is 34.3 Å². The van der Waals surface area contributed by atoms with Crippen molar-refractivity contribution in [1.29, 1.82) is 0 Å². The van der Waals surface area contributed by atoms with Gasteiger partial charge in [-0.1, -0.05) is 23.7 Å². The van der Waals surface area contributed by atoms with E-state index >= 15 is 0 Å². The van der Waals surface area contributed by atoms with E-state index in [0.29, 0.717) is 21.7 Å². The molecule has 4 heterocycles. The molecule has 1 unspecified atom stereocenters. The molecule has 2 aliphatic heterocycles. The van der Waals surface area contributed by atoms with Crippen LogP contribution in [-0.4, -0.2) is 46.5 Å². The van der Waals surface area contributed by atoms with E-state index in [4.69, 9.17) is 11.6 Å². The van der Waals surface area contributed by atoms with E-state index in [2.05, 4.69) is 15.0 Å². The number of nitrogens with one attached hydrogen (secondary N) is 2. The van der Waals surface area contributed by atoms with Crippen molar-refractivity contribution in [1.82, 2.24) is 24.3 Å². The summed E-state index contributed by atoms with van der Waals surface area (Å²) in [5.41, 5.74) is 1.80. The summed E-state index contributed by atoms with van der Waals surface area (Å²) in [6, 6.07) is 4.31. The molecule has 0 aliphatic carbocycles. The topological polar surface area (TPSA) is 130 Å². The lowest BCUT2D eigenvalue weighted by Crippen LogP contribution is -2.52. The molecule has 5 rings (SSSR count). The predicted octanol–water partition coefficient (Wildman–Crippen LogP) is 1.29. The monoisotopic (exact) mass is 493 g/mol. The fourth-order valence-electron chi connectivity index (χ4n) is 3.96. The molecule has 13 heteroatoms. The summed E-state index contributed by atoms with van der Waals surface area (Å²) >= 11 is 7.31. The van der Waals surface area contributed by atoms with Gasteiger partial charge in [-0.15, -0.1) is 11.3 Å². The molecule has 3 amide bonds. The van der Waals surface area contributed by atoms with Crippen molar-refractivity contribution in [2.24, 2.45) is 0 Å². The van der Waals surface area contributed by atoms with Gasteiger partial charge in [0, 0.05) is 36.7 Å². The Hall–Kier alpha value is -2.80. The number of halogens is 1. The number of hydrogen-bond donors (Lipinski definition) is 2. The minimum absolute atomic E-state index is 0.0179. The first kappa shape index (κ1) is 21.1. The van der Waals surface area contributed by atoms with Gasteiger partial charge >= 0.3 is 0 Å². The zero-order chi connectivity index (χ0) is 22.6. The molecule has 1 saturated heterocycles. The van der Waals surface area contributed by atoms with E-state index in [1.165, 1.54) is 20.6 Å². The summed E-state index contributed by atoms with van der Waals surface area (Å²) in [4.78, 5) is 42.3. The lowest BCUT2D eigenvalue weighted by atomic mass is 10.0. The summed E-state index contributed by atoms with van der Waals surface area (Å²) < 4.78 is 29.6. The van der Waals surface area contributed by atoms with E-state index in [0.717, 1.165) is 0 Å². The van der Waals surface area contributed by atoms with Gasteiger partial charge in [0.1, 0.15) is 6.04 Å². The number of aromatic nitrogens is 2. The van der Waals surface area contributed by atoms with Crippen LogP contribution < -0.4 is 10.0 Å². The molecule has 3 aromatic rings. The second kappa shape index (κ2) is 7.66. The smallest absolute Gasteiger partial charge is 0.260 e. The number of imide groups is 1. The van der Waals surface area contributed by atoms with Gasteiger partial charge < -0.3 is 4.90 Å². The Kier molecular flexibility index (Phi) is 5.04. The molecule has 0 saturated carbocycles. The highest BCUT2D eigenvalue weighted by molar-refractivity contribution is 7.89. The summed E-state index contributed by atoms with van der Waals surface area (Å²) in [6.45, 7) is 0.195. The molecular weight excluding hydrogens is 478 g/mol. The van der Waals surface area contributed by atoms with Gasteiger partial charge in [0.05, 0.1) is 0 Å². The number of nitrogens with zero attached hydrogens (tertiary/aromatic N) is 3. The fourth-order valence-corrected chi connectivity index (χ4v) is 6.43. The fraction of sp³-hybridized carbons (Fsp3) is 0.263. The largest absolute Gasteiger partial charge is 0.322 e. The number of rotatable bonds is 5. The summed E-state index contributed by atoms with van der Waals surface area (Å²) in [7, 11) is -3.94. The van der Waals surface area contributed by atoms with Gasteiger partial charge in [-0.25, -0.2) is 18.1 Å². The first-order valence-corrected chi connectivity index (χ1v) is 12.4. The molecular formula is C19H16ClN5O5S2. The molecule has 2 aliphatic rings. The first-order valence-electron chi connectivity index (χ1n) is 9.62. The number of amides is 3. The van der Waals surface area contributed by atoms with Gasteiger partial charge in [0.15, 0.2) is 15.1 Å². The highest BCUT2D eigenvalue weighted by Gasteiger charge is 2.39. The quantitative estimate of drug-likeness (QED) is 0.515. The minimum Gasteiger partial charge on any atom is -0.322 e. The van der Waals surface area contributed by atoms with Crippen molar-refractivity contribution < 1.29 is 22.8 Å². The molecule has 2 aromatic heterocycles. The number of carbonyl (C=O) groups is 3. The Morgan fingerprint density at radius 1 is 1.28 bits per heavy atom. The van der Waals surface area contributed by atoms with Crippen molar-refractivity contribution >= 4 is 55.6 Å². The third-order valence-corrected chi connectivity index (χ3v) is 8.04. The molecule has 2 N–H and O–H groups in total. The number of carbonyl (C=O) groups excluding carboxylic acids is 3. The van der Waals surface area contributed by atoms with E-state index in [1.807, 2.05) is 0 Å². The average Bonchev–Trinajstić information content (AvgIpc) is 3.39. The average molecular weight is 494 g/mol. The SMILES string of the molecule is O=C1CCC(N2Cc3cc(CNS(=O)(=O)c4c(Cl)nc5sccn45)ccc3C2=O)C(=O)N1. The lowest BCUT2D eigenvalue weighted by Gasteiger charge is -2.29. The van der Waals surface area contributed by atoms with Crippen LogP contribution in [0.2, 0.25) is 5.15 Å². The lowest BCUT2D eigenvalue weighted by molar-refractivity contribution is -0.136. The van der Waals surface area contributed by atoms with Crippen molar-refractivity contribution in [3.63, 3.8) is 0 Å². The molecule has 1 atom stereocenters. The van der Waals surface area contributed by atoms with E-state index in [-0.39, 0.29) is 47.9 Å². The van der Waals surface area contributed by atoms with Crippen LogP contribution in [0.4, 0.5) is 0 Å². The van der Waals surface area contributed by atoms with Crippen LogP contribution in [0.5, 0.6) is 0 Å². The summed E-state index contributed by atoms with van der Waals surface area (Å²) in [5.74, 6) is -1.11. The van der Waals surface area contributed by atoms with Gasteiger partial charge in [-0.3, -0.25) is 24.1 Å². The maximum Gasteiger partial charge on any atom is 0.260 e. The molecule has 1 aromatic carbocycles. The Balaban J connectivity index is 1.33. The number of sulfonamides is 1. The zero-order valence-electron chi connectivity index (χ0n) is 16.4. The summed E-state index contributed by atoms with van der Waals surface area (Å²) in [5, 5.41) is 3.74. The van der Waals surface area contributed by atoms with Crippen LogP contribution in [-0.2, 0) is 32.7 Å². The van der Waals surface area contributed by atoms with E-state index < -0.39 is 22.0 Å². The van der Waals surface area contributed by atoms with Crippen molar-refractivity contribution in [2.45, 2.75) is 37.0 Å². The first-order chi connectivity index (χ1) is 15.2.